The van der Waals surface area contributed by atoms with E-state index >= 15 is 0 Å². The Balaban J connectivity index is 1.45. The van der Waals surface area contributed by atoms with Crippen molar-refractivity contribution in [3.8, 4) is 0 Å². The van der Waals surface area contributed by atoms with Crippen molar-refractivity contribution in [3.63, 3.8) is 0 Å². The van der Waals surface area contributed by atoms with Crippen LogP contribution >= 0.6 is 11.8 Å². The Bertz CT molecular complexity index is 642. The number of sulfone groups is 1. The van der Waals surface area contributed by atoms with Crippen LogP contribution in [0.5, 0.6) is 0 Å². The summed E-state index contributed by atoms with van der Waals surface area (Å²) >= 11 is 1.80. The zero-order valence-electron chi connectivity index (χ0n) is 12.2. The first-order valence-corrected chi connectivity index (χ1v) is 10.1. The van der Waals surface area contributed by atoms with Gasteiger partial charge in [-0.05, 0) is 31.4 Å². The van der Waals surface area contributed by atoms with Gasteiger partial charge in [0.25, 0.3) is 0 Å². The molecule has 2 fully saturated rings. The highest BCUT2D eigenvalue weighted by Gasteiger charge is 2.44. The lowest BCUT2D eigenvalue weighted by atomic mass is 10.3. The van der Waals surface area contributed by atoms with Gasteiger partial charge in [0, 0.05) is 22.2 Å². The number of hydrogen-bond acceptors (Lipinski definition) is 4. The Morgan fingerprint density at radius 3 is 2.59 bits per heavy atom. The lowest BCUT2D eigenvalue weighted by Crippen LogP contribution is -2.45. The lowest BCUT2D eigenvalue weighted by molar-refractivity contribution is 0.238. The zero-order valence-corrected chi connectivity index (χ0v) is 13.9. The van der Waals surface area contributed by atoms with Crippen molar-refractivity contribution in [2.45, 2.75) is 34.9 Å². The van der Waals surface area contributed by atoms with Gasteiger partial charge in [0.1, 0.15) is 0 Å². The molecule has 1 heterocycles. The standard InChI is InChI=1S/C15H20N2O3S2/c18-14(17-12-6-9-22(19,20)10-12)16-11-15(7-8-15)21-13-4-2-1-3-5-13/h1-5,12H,6-11H2,(H2,16,17,18). The minimum atomic E-state index is -2.96. The van der Waals surface area contributed by atoms with Gasteiger partial charge in [-0.2, -0.15) is 0 Å². The van der Waals surface area contributed by atoms with E-state index < -0.39 is 9.84 Å². The molecule has 1 atom stereocenters. The average Bonchev–Trinajstić information content (AvgIpc) is 3.15. The lowest BCUT2D eigenvalue weighted by Gasteiger charge is -2.17. The molecule has 1 saturated heterocycles. The molecule has 120 valence electrons. The van der Waals surface area contributed by atoms with E-state index in [1.807, 2.05) is 18.2 Å². The number of hydrogen-bond donors (Lipinski definition) is 2. The summed E-state index contributed by atoms with van der Waals surface area (Å²) in [5, 5.41) is 5.65. The van der Waals surface area contributed by atoms with Crippen molar-refractivity contribution in [1.29, 1.82) is 0 Å². The molecule has 1 saturated carbocycles. The summed E-state index contributed by atoms with van der Waals surface area (Å²) in [6, 6.07) is 9.66. The minimum Gasteiger partial charge on any atom is -0.337 e. The van der Waals surface area contributed by atoms with Gasteiger partial charge >= 0.3 is 6.03 Å². The fourth-order valence-corrected chi connectivity index (χ4v) is 5.50. The van der Waals surface area contributed by atoms with Crippen molar-refractivity contribution >= 4 is 27.6 Å². The molecule has 3 rings (SSSR count). The van der Waals surface area contributed by atoms with E-state index in [1.165, 1.54) is 4.90 Å². The van der Waals surface area contributed by atoms with E-state index in [1.54, 1.807) is 11.8 Å². The summed E-state index contributed by atoms with van der Waals surface area (Å²) in [5.74, 6) is 0.232. The topological polar surface area (TPSA) is 75.3 Å². The van der Waals surface area contributed by atoms with Gasteiger partial charge in [-0.15, -0.1) is 11.8 Å². The maximum Gasteiger partial charge on any atom is 0.315 e. The largest absolute Gasteiger partial charge is 0.337 e. The van der Waals surface area contributed by atoms with Crippen LogP contribution in [0.15, 0.2) is 35.2 Å². The number of carbonyl (C=O) groups excluding carboxylic acids is 1. The second-order valence-corrected chi connectivity index (χ2v) is 9.80. The molecule has 0 radical (unpaired) electrons. The number of carbonyl (C=O) groups is 1. The van der Waals surface area contributed by atoms with Crippen molar-refractivity contribution in [3.05, 3.63) is 30.3 Å². The Hall–Kier alpha value is -1.21. The van der Waals surface area contributed by atoms with Gasteiger partial charge in [-0.3, -0.25) is 0 Å². The first-order valence-electron chi connectivity index (χ1n) is 7.45. The molecule has 1 aliphatic heterocycles. The molecule has 5 nitrogen and oxygen atoms in total. The third kappa shape index (κ3) is 4.16. The molecule has 1 unspecified atom stereocenters. The van der Waals surface area contributed by atoms with Gasteiger partial charge in [-0.25, -0.2) is 13.2 Å². The number of rotatable bonds is 5. The molecular formula is C15H20N2O3S2. The quantitative estimate of drug-likeness (QED) is 0.857. The van der Waals surface area contributed by atoms with Crippen molar-refractivity contribution in [1.82, 2.24) is 10.6 Å². The van der Waals surface area contributed by atoms with E-state index in [-0.39, 0.29) is 28.3 Å². The molecule has 2 N–H and O–H groups in total. The first-order chi connectivity index (χ1) is 10.5. The average molecular weight is 340 g/mol. The van der Waals surface area contributed by atoms with Crippen molar-refractivity contribution in [2.75, 3.05) is 18.1 Å². The van der Waals surface area contributed by atoms with E-state index in [9.17, 15) is 13.2 Å². The fraction of sp³-hybridized carbons (Fsp3) is 0.533. The molecule has 0 spiro atoms. The molecule has 1 aromatic rings. The van der Waals surface area contributed by atoms with Crippen molar-refractivity contribution < 1.29 is 13.2 Å². The van der Waals surface area contributed by atoms with Gasteiger partial charge in [0.05, 0.1) is 11.5 Å². The molecule has 2 amide bonds. The van der Waals surface area contributed by atoms with Crippen LogP contribution in [0.2, 0.25) is 0 Å². The predicted molar refractivity (Wildman–Crippen MR) is 87.9 cm³/mol. The maximum atomic E-state index is 11.9. The van der Waals surface area contributed by atoms with Crippen molar-refractivity contribution in [2.24, 2.45) is 0 Å². The Morgan fingerprint density at radius 1 is 1.27 bits per heavy atom. The molecule has 1 aliphatic carbocycles. The second kappa shape index (κ2) is 6.12. The van der Waals surface area contributed by atoms with Gasteiger partial charge < -0.3 is 10.6 Å². The summed E-state index contributed by atoms with van der Waals surface area (Å²) in [7, 11) is -2.96. The van der Waals surface area contributed by atoms with Crippen LogP contribution in [-0.4, -0.2) is 43.3 Å². The highest BCUT2D eigenvalue weighted by atomic mass is 32.2. The summed E-state index contributed by atoms with van der Waals surface area (Å²) < 4.78 is 22.9. The van der Waals surface area contributed by atoms with E-state index in [2.05, 4.69) is 22.8 Å². The molecular weight excluding hydrogens is 320 g/mol. The zero-order chi connectivity index (χ0) is 15.6. The number of amides is 2. The third-order valence-electron chi connectivity index (χ3n) is 4.02. The van der Waals surface area contributed by atoms with Crippen LogP contribution in [0.25, 0.3) is 0 Å². The Kier molecular flexibility index (Phi) is 4.36. The summed E-state index contributed by atoms with van der Waals surface area (Å²) in [6.45, 7) is 0.609. The highest BCUT2D eigenvalue weighted by molar-refractivity contribution is 8.01. The molecule has 1 aromatic carbocycles. The van der Waals surface area contributed by atoms with Crippen LogP contribution < -0.4 is 10.6 Å². The SMILES string of the molecule is O=C(NCC1(Sc2ccccc2)CC1)NC1CCS(=O)(=O)C1. The number of benzene rings is 1. The normalized spacial score (nSPS) is 24.6. The van der Waals surface area contributed by atoms with E-state index in [4.69, 9.17) is 0 Å². The van der Waals surface area contributed by atoms with Gasteiger partial charge in [0.2, 0.25) is 0 Å². The Morgan fingerprint density at radius 2 is 2.00 bits per heavy atom. The summed E-state index contributed by atoms with van der Waals surface area (Å²) in [5.41, 5.74) is 0. The molecule has 2 aliphatic rings. The molecule has 0 bridgehead atoms. The summed E-state index contributed by atoms with van der Waals surface area (Å²) in [4.78, 5) is 13.1. The monoisotopic (exact) mass is 340 g/mol. The fourth-order valence-electron chi connectivity index (χ4n) is 2.58. The van der Waals surface area contributed by atoms with E-state index in [0.717, 1.165) is 12.8 Å². The smallest absolute Gasteiger partial charge is 0.315 e. The number of thioether (sulfide) groups is 1. The number of nitrogens with one attached hydrogen (secondary N) is 2. The minimum absolute atomic E-state index is 0.0598. The maximum absolute atomic E-state index is 11.9. The first kappa shape index (κ1) is 15.7. The highest BCUT2D eigenvalue weighted by Crippen LogP contribution is 2.51. The van der Waals surface area contributed by atoms with Crippen LogP contribution in [0.3, 0.4) is 0 Å². The van der Waals surface area contributed by atoms with Crippen LogP contribution in [0.1, 0.15) is 19.3 Å². The van der Waals surface area contributed by atoms with E-state index in [0.29, 0.717) is 13.0 Å². The van der Waals surface area contributed by atoms with Crippen LogP contribution in [0.4, 0.5) is 4.79 Å². The summed E-state index contributed by atoms with van der Waals surface area (Å²) in [6.07, 6.45) is 2.69. The third-order valence-corrected chi connectivity index (χ3v) is 7.29. The van der Waals surface area contributed by atoms with Gasteiger partial charge in [0.15, 0.2) is 9.84 Å². The Labute approximate surface area is 135 Å². The molecule has 7 heteroatoms. The molecule has 0 aromatic heterocycles. The molecule has 22 heavy (non-hydrogen) atoms. The van der Waals surface area contributed by atoms with Crippen LogP contribution in [0, 0.1) is 0 Å². The second-order valence-electron chi connectivity index (χ2n) is 6.03. The van der Waals surface area contributed by atoms with Gasteiger partial charge in [-0.1, -0.05) is 18.2 Å². The predicted octanol–water partition coefficient (Wildman–Crippen LogP) is 1.80. The number of urea groups is 1. The van der Waals surface area contributed by atoms with Crippen LogP contribution in [-0.2, 0) is 9.84 Å².